The monoisotopic (exact) mass is 824 g/mol. The molecule has 2 bridgehead atoms. The van der Waals surface area contributed by atoms with Gasteiger partial charge in [0.25, 0.3) is 0 Å². The Balaban J connectivity index is 1.38. The summed E-state index contributed by atoms with van der Waals surface area (Å²) < 4.78 is 23.7. The number of fused-ring (bicyclic) bond motifs is 6. The van der Waals surface area contributed by atoms with Crippen LogP contribution in [0.5, 0.6) is 5.75 Å². The van der Waals surface area contributed by atoms with Gasteiger partial charge in [-0.05, 0) is 74.2 Å². The number of anilines is 1. The molecule has 5 aliphatic heterocycles. The summed E-state index contributed by atoms with van der Waals surface area (Å²) in [6, 6.07) is 9.97. The van der Waals surface area contributed by atoms with Gasteiger partial charge in [-0.2, -0.15) is 0 Å². The molecule has 3 fully saturated rings. The van der Waals surface area contributed by atoms with E-state index in [4.69, 9.17) is 18.9 Å². The second kappa shape index (κ2) is 14.1. The van der Waals surface area contributed by atoms with E-state index in [0.29, 0.717) is 99.5 Å². The van der Waals surface area contributed by atoms with Gasteiger partial charge in [0.1, 0.15) is 11.2 Å². The van der Waals surface area contributed by atoms with E-state index in [-0.39, 0.29) is 12.3 Å². The van der Waals surface area contributed by atoms with E-state index in [2.05, 4.69) is 20.9 Å². The van der Waals surface area contributed by atoms with Crippen LogP contribution in [0.2, 0.25) is 0 Å². The molecule has 1 amide bonds. The molecule has 2 unspecified atom stereocenters. The lowest BCUT2D eigenvalue weighted by molar-refractivity contribution is -0.228. The highest BCUT2D eigenvalue weighted by molar-refractivity contribution is 5.96. The lowest BCUT2D eigenvalue weighted by atomic mass is 9.47. The highest BCUT2D eigenvalue weighted by Crippen LogP contribution is 2.68. The van der Waals surface area contributed by atoms with Crippen molar-refractivity contribution in [3.63, 3.8) is 0 Å². The zero-order valence-corrected chi connectivity index (χ0v) is 35.3. The molecule has 3 N–H and O–H groups in total. The third-order valence-corrected chi connectivity index (χ3v) is 15.5. The van der Waals surface area contributed by atoms with Crippen molar-refractivity contribution in [1.82, 2.24) is 14.8 Å². The van der Waals surface area contributed by atoms with Crippen LogP contribution < -0.4 is 9.64 Å². The fourth-order valence-corrected chi connectivity index (χ4v) is 13.4. The Kier molecular flexibility index (Phi) is 9.58. The van der Waals surface area contributed by atoms with E-state index in [1.54, 1.807) is 6.07 Å². The molecule has 60 heavy (non-hydrogen) atoms. The first-order valence-corrected chi connectivity index (χ1v) is 21.3. The molecule has 14 heteroatoms. The number of hydrogen-bond acceptors (Lipinski definition) is 12. The van der Waals surface area contributed by atoms with Gasteiger partial charge in [0.15, 0.2) is 6.10 Å². The van der Waals surface area contributed by atoms with E-state index in [1.165, 1.54) is 33.2 Å². The predicted molar refractivity (Wildman–Crippen MR) is 221 cm³/mol. The summed E-state index contributed by atoms with van der Waals surface area (Å²) in [4.78, 5) is 66.1. The Hall–Kier alpha value is -4.76. The molecule has 1 saturated carbocycles. The van der Waals surface area contributed by atoms with Crippen LogP contribution in [0, 0.1) is 11.3 Å². The number of aromatic amines is 1. The van der Waals surface area contributed by atoms with Crippen LogP contribution in [0.3, 0.4) is 0 Å². The highest BCUT2D eigenvalue weighted by atomic mass is 16.6. The van der Waals surface area contributed by atoms with Crippen molar-refractivity contribution in [2.45, 2.75) is 99.5 Å². The number of methoxy groups -OCH3 is 3. The molecule has 6 aliphatic rings. The minimum absolute atomic E-state index is 0.155. The fourth-order valence-electron chi connectivity index (χ4n) is 13.4. The molecule has 2 aromatic carbocycles. The molecular weight excluding hydrogens is 769 g/mol. The number of esters is 3. The van der Waals surface area contributed by atoms with Crippen LogP contribution in [-0.2, 0) is 50.6 Å². The standard InChI is InChI=1S/C46H56N4O10/c1-7-42(55)22-28-23-45(40(53)58-5,36-30(14-18-48(24-28)25-42)29-12-9-10-13-33(29)47-36)32-20-31-34(21-35(32)57-4)50(26-51)38-44(31)16-19-49-17-11-15-43(8-2,37(44)49)39(60-27(3)52)46(38,56)41(54)59-6/h9-13,15,20-21,26,28,37-39,47,55-56H,7-8,14,16-19,22-25H2,1-6H3/t28-,37+,38-,39?,42-,43+,44+,45-,46-/m0/s1. The zero-order chi connectivity index (χ0) is 42.6. The van der Waals surface area contributed by atoms with Crippen LogP contribution in [0.15, 0.2) is 48.6 Å². The average molecular weight is 825 g/mol. The normalized spacial score (nSPS) is 36.5. The van der Waals surface area contributed by atoms with Crippen molar-refractivity contribution < 1.29 is 48.3 Å². The first kappa shape index (κ1) is 40.6. The number of hydrogen-bond donors (Lipinski definition) is 3. The smallest absolute Gasteiger partial charge is 0.344 e. The number of para-hydroxylation sites is 1. The number of carbonyl (C=O) groups is 4. The van der Waals surface area contributed by atoms with Crippen LogP contribution >= 0.6 is 0 Å². The molecular formula is C46H56N4O10. The molecule has 0 radical (unpaired) electrons. The molecule has 320 valence electrons. The molecule has 3 aromatic rings. The summed E-state index contributed by atoms with van der Waals surface area (Å²) in [5.41, 5.74) is -3.15. The molecule has 14 nitrogen and oxygen atoms in total. The lowest BCUT2D eigenvalue weighted by Gasteiger charge is -2.63. The number of aliphatic hydroxyl groups is 2. The summed E-state index contributed by atoms with van der Waals surface area (Å²) >= 11 is 0. The maximum atomic E-state index is 15.3. The van der Waals surface area contributed by atoms with E-state index in [1.807, 2.05) is 50.3 Å². The number of rotatable bonds is 8. The van der Waals surface area contributed by atoms with Crippen molar-refractivity contribution in [1.29, 1.82) is 0 Å². The van der Waals surface area contributed by atoms with Gasteiger partial charge in [-0.1, -0.05) is 44.2 Å². The number of amides is 1. The molecule has 1 aliphatic carbocycles. The highest BCUT2D eigenvalue weighted by Gasteiger charge is 2.81. The summed E-state index contributed by atoms with van der Waals surface area (Å²) in [6.07, 6.45) is 5.83. The van der Waals surface area contributed by atoms with Gasteiger partial charge in [-0.15, -0.1) is 0 Å². The van der Waals surface area contributed by atoms with Gasteiger partial charge >= 0.3 is 17.9 Å². The molecule has 1 aromatic heterocycles. The SMILES string of the molecule is CC[C@]1(O)C[C@@H]2CN(CCc3c([nH]c4ccccc34)[C@@](C(=O)OC)(c3cc4c(cc3OC)N(C=O)[C@H]3[C@]45CCN4CC=C[C@@](CC)(C(OC(C)=O)[C@]3(O)C(=O)OC)[C@@H]45)C2)C1. The lowest BCUT2D eigenvalue weighted by Crippen LogP contribution is -2.81. The predicted octanol–water partition coefficient (Wildman–Crippen LogP) is 3.52. The Morgan fingerprint density at radius 2 is 1.73 bits per heavy atom. The molecule has 10 atom stereocenters. The Bertz CT molecular complexity index is 2310. The van der Waals surface area contributed by atoms with Gasteiger partial charge in [0.05, 0.1) is 38.7 Å². The van der Waals surface area contributed by atoms with Crippen molar-refractivity contribution in [3.8, 4) is 5.75 Å². The number of nitrogens with zero attached hydrogens (tertiary/aromatic N) is 3. The van der Waals surface area contributed by atoms with Crippen LogP contribution in [0.25, 0.3) is 10.9 Å². The van der Waals surface area contributed by atoms with Crippen LogP contribution in [0.1, 0.15) is 75.3 Å². The number of benzene rings is 2. The van der Waals surface area contributed by atoms with E-state index in [9.17, 15) is 24.6 Å². The number of nitrogens with one attached hydrogen (secondary N) is 1. The largest absolute Gasteiger partial charge is 0.496 e. The molecule has 1 spiro atoms. The van der Waals surface area contributed by atoms with Crippen molar-refractivity contribution in [2.75, 3.05) is 59.0 Å². The Morgan fingerprint density at radius 1 is 0.967 bits per heavy atom. The third kappa shape index (κ3) is 5.19. The number of piperidine rings is 1. The topological polar surface area (TPSA) is 171 Å². The molecule has 2 saturated heterocycles. The maximum absolute atomic E-state index is 15.3. The van der Waals surface area contributed by atoms with Gasteiger partial charge in [-0.3, -0.25) is 24.2 Å². The number of aromatic nitrogens is 1. The molecule has 9 rings (SSSR count). The molecule has 6 heterocycles. The third-order valence-electron chi connectivity index (χ3n) is 15.5. The maximum Gasteiger partial charge on any atom is 0.344 e. The number of carbonyl (C=O) groups excluding carboxylic acids is 4. The van der Waals surface area contributed by atoms with Gasteiger partial charge in [0, 0.05) is 78.2 Å². The first-order chi connectivity index (χ1) is 28.8. The minimum Gasteiger partial charge on any atom is -0.496 e. The van der Waals surface area contributed by atoms with Gasteiger partial charge < -0.3 is 39.0 Å². The second-order valence-corrected chi connectivity index (χ2v) is 18.1. The summed E-state index contributed by atoms with van der Waals surface area (Å²) in [5.74, 6) is -2.06. The van der Waals surface area contributed by atoms with E-state index in [0.717, 1.165) is 16.5 Å². The van der Waals surface area contributed by atoms with Crippen LogP contribution in [-0.4, -0.2) is 133 Å². The fraction of sp³-hybridized carbons (Fsp3) is 0.565. The van der Waals surface area contributed by atoms with Crippen LogP contribution in [0.4, 0.5) is 5.69 Å². The van der Waals surface area contributed by atoms with Gasteiger partial charge in [-0.25, -0.2) is 4.79 Å². The Morgan fingerprint density at radius 3 is 2.42 bits per heavy atom. The van der Waals surface area contributed by atoms with Gasteiger partial charge in [0.2, 0.25) is 12.0 Å². The average Bonchev–Trinajstić information content (AvgIpc) is 3.92. The summed E-state index contributed by atoms with van der Waals surface area (Å²) in [6.45, 7) is 8.16. The van der Waals surface area contributed by atoms with Crippen molar-refractivity contribution in [3.05, 3.63) is 70.9 Å². The quantitative estimate of drug-likeness (QED) is 0.131. The summed E-state index contributed by atoms with van der Waals surface area (Å²) in [5, 5.41) is 26.3. The first-order valence-electron chi connectivity index (χ1n) is 21.3. The second-order valence-electron chi connectivity index (χ2n) is 18.1. The van der Waals surface area contributed by atoms with Crippen molar-refractivity contribution in [2.24, 2.45) is 11.3 Å². The zero-order valence-electron chi connectivity index (χ0n) is 35.3. The van der Waals surface area contributed by atoms with E-state index < -0.39 is 63.5 Å². The number of H-pyrrole nitrogens is 1. The number of ether oxygens (including phenoxy) is 4. The summed E-state index contributed by atoms with van der Waals surface area (Å²) in [7, 11) is 4.09. The van der Waals surface area contributed by atoms with Crippen molar-refractivity contribution >= 4 is 40.9 Å². The minimum atomic E-state index is -2.53. The Labute approximate surface area is 349 Å². The van der Waals surface area contributed by atoms with E-state index >= 15 is 4.79 Å².